The second kappa shape index (κ2) is 8.30. The summed E-state index contributed by atoms with van der Waals surface area (Å²) in [5.41, 5.74) is 1.39. The molecule has 134 valence electrons. The molecule has 5 heteroatoms. The average molecular weight is 344 g/mol. The Balaban J connectivity index is 1.41. The summed E-state index contributed by atoms with van der Waals surface area (Å²) in [7, 11) is 1.85. The molecule has 0 spiro atoms. The molecule has 1 fully saturated rings. The van der Waals surface area contributed by atoms with Crippen LogP contribution in [0.5, 0.6) is 0 Å². The van der Waals surface area contributed by atoms with Gasteiger partial charge in [0.25, 0.3) is 5.91 Å². The van der Waals surface area contributed by atoms with Crippen molar-refractivity contribution in [2.75, 3.05) is 33.2 Å². The number of carbonyl (C=O) groups excluding carboxylic acids is 1. The van der Waals surface area contributed by atoms with Gasteiger partial charge in [-0.05, 0) is 56.0 Å². The molecule has 0 saturated carbocycles. The van der Waals surface area contributed by atoms with Crippen molar-refractivity contribution in [2.45, 2.75) is 19.3 Å². The Kier molecular flexibility index (Phi) is 5.87. The maximum atomic E-state index is 13.7. The largest absolute Gasteiger partial charge is 0.472 e. The van der Waals surface area contributed by atoms with Crippen molar-refractivity contribution in [1.82, 2.24) is 9.80 Å². The number of likely N-dealkylation sites (tertiary alicyclic amines) is 1. The van der Waals surface area contributed by atoms with Crippen LogP contribution in [0.4, 0.5) is 4.39 Å². The first-order valence-corrected chi connectivity index (χ1v) is 8.87. The zero-order valence-corrected chi connectivity index (χ0v) is 14.7. The summed E-state index contributed by atoms with van der Waals surface area (Å²) >= 11 is 0. The summed E-state index contributed by atoms with van der Waals surface area (Å²) in [5.74, 6) is 0.415. The fraction of sp³-hybridized carbons (Fsp3) is 0.450. The van der Waals surface area contributed by atoms with Crippen LogP contribution in [0.2, 0.25) is 0 Å². The minimum Gasteiger partial charge on any atom is -0.472 e. The Morgan fingerprint density at radius 1 is 1.28 bits per heavy atom. The molecule has 25 heavy (non-hydrogen) atoms. The van der Waals surface area contributed by atoms with Gasteiger partial charge in [-0.15, -0.1) is 0 Å². The third kappa shape index (κ3) is 4.69. The zero-order valence-electron chi connectivity index (χ0n) is 14.7. The van der Waals surface area contributed by atoms with Crippen LogP contribution in [0.15, 0.2) is 47.3 Å². The molecular weight excluding hydrogens is 319 g/mol. The van der Waals surface area contributed by atoms with Gasteiger partial charge < -0.3 is 14.2 Å². The molecule has 1 amide bonds. The van der Waals surface area contributed by atoms with Crippen LogP contribution in [-0.2, 0) is 6.42 Å². The molecule has 0 atom stereocenters. The van der Waals surface area contributed by atoms with Crippen molar-refractivity contribution in [2.24, 2.45) is 5.92 Å². The molecule has 3 rings (SSSR count). The highest BCUT2D eigenvalue weighted by atomic mass is 19.1. The third-order valence-corrected chi connectivity index (χ3v) is 5.01. The molecule has 2 heterocycles. The van der Waals surface area contributed by atoms with Crippen LogP contribution in [0.1, 0.15) is 28.8 Å². The zero-order chi connectivity index (χ0) is 17.6. The molecule has 1 saturated heterocycles. The van der Waals surface area contributed by atoms with Crippen molar-refractivity contribution >= 4 is 5.91 Å². The molecule has 0 aliphatic carbocycles. The second-order valence-corrected chi connectivity index (χ2v) is 6.82. The van der Waals surface area contributed by atoms with E-state index in [9.17, 15) is 9.18 Å². The van der Waals surface area contributed by atoms with E-state index in [2.05, 4.69) is 4.90 Å². The van der Waals surface area contributed by atoms with Crippen LogP contribution in [0.25, 0.3) is 0 Å². The van der Waals surface area contributed by atoms with Gasteiger partial charge in [0, 0.05) is 20.1 Å². The van der Waals surface area contributed by atoms with Crippen LogP contribution in [0.3, 0.4) is 0 Å². The minimum absolute atomic E-state index is 0.00994. The summed E-state index contributed by atoms with van der Waals surface area (Å²) in [6, 6.07) is 8.69. The van der Waals surface area contributed by atoms with E-state index in [1.54, 1.807) is 17.0 Å². The molecule has 2 aromatic rings. The lowest BCUT2D eigenvalue weighted by molar-refractivity contribution is 0.0739. The molecule has 1 aromatic heterocycles. The van der Waals surface area contributed by atoms with Gasteiger partial charge in [-0.2, -0.15) is 0 Å². The first-order valence-electron chi connectivity index (χ1n) is 8.87. The first-order chi connectivity index (χ1) is 12.1. The molecule has 1 aromatic carbocycles. The van der Waals surface area contributed by atoms with Crippen molar-refractivity contribution in [1.29, 1.82) is 0 Å². The third-order valence-electron chi connectivity index (χ3n) is 5.01. The number of amides is 1. The number of halogens is 1. The fourth-order valence-electron chi connectivity index (χ4n) is 3.45. The van der Waals surface area contributed by atoms with Gasteiger partial charge in [-0.25, -0.2) is 4.39 Å². The Morgan fingerprint density at radius 2 is 2.04 bits per heavy atom. The maximum absolute atomic E-state index is 13.7. The monoisotopic (exact) mass is 344 g/mol. The highest BCUT2D eigenvalue weighted by Gasteiger charge is 2.22. The number of nitrogens with zero attached hydrogens (tertiary/aromatic N) is 2. The second-order valence-electron chi connectivity index (χ2n) is 6.82. The Labute approximate surface area is 148 Å². The maximum Gasteiger partial charge on any atom is 0.256 e. The van der Waals surface area contributed by atoms with E-state index < -0.39 is 0 Å². The van der Waals surface area contributed by atoms with Gasteiger partial charge in [-0.3, -0.25) is 4.79 Å². The summed E-state index contributed by atoms with van der Waals surface area (Å²) in [5, 5.41) is 0. The number of carbonyl (C=O) groups is 1. The summed E-state index contributed by atoms with van der Waals surface area (Å²) in [6.45, 7) is 3.67. The standard InChI is InChI=1S/C20H25FN2O2/c1-22(20(24)18-9-13-25-15-18)14-16-6-10-23(11-7-16)12-8-17-4-2-3-5-19(17)21/h2-5,9,13,15-16H,6-8,10-12,14H2,1H3. The van der Waals surface area contributed by atoms with Gasteiger partial charge in [-0.1, -0.05) is 18.2 Å². The lowest BCUT2D eigenvalue weighted by atomic mass is 9.95. The van der Waals surface area contributed by atoms with Crippen LogP contribution < -0.4 is 0 Å². The van der Waals surface area contributed by atoms with Crippen molar-refractivity contribution in [3.8, 4) is 0 Å². The van der Waals surface area contributed by atoms with E-state index in [-0.39, 0.29) is 11.7 Å². The number of piperidine rings is 1. The summed E-state index contributed by atoms with van der Waals surface area (Å²) in [4.78, 5) is 16.4. The van der Waals surface area contributed by atoms with Gasteiger partial charge in [0.15, 0.2) is 0 Å². The Morgan fingerprint density at radius 3 is 2.72 bits per heavy atom. The number of rotatable bonds is 6. The predicted octanol–water partition coefficient (Wildman–Crippen LogP) is 3.45. The van der Waals surface area contributed by atoms with Crippen molar-refractivity contribution in [3.63, 3.8) is 0 Å². The molecule has 0 unspecified atom stereocenters. The van der Waals surface area contributed by atoms with Gasteiger partial charge in [0.2, 0.25) is 0 Å². The van der Waals surface area contributed by atoms with Gasteiger partial charge in [0.1, 0.15) is 12.1 Å². The van der Waals surface area contributed by atoms with Crippen LogP contribution >= 0.6 is 0 Å². The molecule has 0 N–H and O–H groups in total. The normalized spacial score (nSPS) is 16.1. The van der Waals surface area contributed by atoms with Crippen LogP contribution in [0, 0.1) is 11.7 Å². The topological polar surface area (TPSA) is 36.7 Å². The summed E-state index contributed by atoms with van der Waals surface area (Å²) < 4.78 is 18.7. The van der Waals surface area contributed by atoms with E-state index in [1.807, 2.05) is 19.2 Å². The lowest BCUT2D eigenvalue weighted by Gasteiger charge is -2.33. The Hall–Kier alpha value is -2.14. The van der Waals surface area contributed by atoms with Gasteiger partial charge >= 0.3 is 0 Å². The average Bonchev–Trinajstić information content (AvgIpc) is 3.16. The van der Waals surface area contributed by atoms with Crippen LogP contribution in [-0.4, -0.2) is 48.9 Å². The number of furan rings is 1. The molecule has 1 aliphatic rings. The van der Waals surface area contributed by atoms with E-state index in [4.69, 9.17) is 4.42 Å². The van der Waals surface area contributed by atoms with Crippen molar-refractivity contribution in [3.05, 3.63) is 59.8 Å². The van der Waals surface area contributed by atoms with E-state index in [0.717, 1.165) is 51.0 Å². The van der Waals surface area contributed by atoms with Gasteiger partial charge in [0.05, 0.1) is 11.8 Å². The van der Waals surface area contributed by atoms with E-state index in [0.29, 0.717) is 11.5 Å². The molecule has 4 nitrogen and oxygen atoms in total. The highest BCUT2D eigenvalue weighted by Crippen LogP contribution is 2.19. The van der Waals surface area contributed by atoms with E-state index >= 15 is 0 Å². The molecular formula is C20H25FN2O2. The first kappa shape index (κ1) is 17.7. The number of hydrogen-bond acceptors (Lipinski definition) is 3. The van der Waals surface area contributed by atoms with Crippen molar-refractivity contribution < 1.29 is 13.6 Å². The smallest absolute Gasteiger partial charge is 0.256 e. The lowest BCUT2D eigenvalue weighted by Crippen LogP contribution is -2.40. The fourth-order valence-corrected chi connectivity index (χ4v) is 3.45. The minimum atomic E-state index is -0.114. The molecule has 0 bridgehead atoms. The Bertz CT molecular complexity index is 679. The highest BCUT2D eigenvalue weighted by molar-refractivity contribution is 5.93. The number of hydrogen-bond donors (Lipinski definition) is 0. The number of benzene rings is 1. The predicted molar refractivity (Wildman–Crippen MR) is 94.9 cm³/mol. The quantitative estimate of drug-likeness (QED) is 0.805. The molecule has 1 aliphatic heterocycles. The molecule has 0 radical (unpaired) electrons. The van der Waals surface area contributed by atoms with E-state index in [1.165, 1.54) is 18.6 Å². The SMILES string of the molecule is CN(CC1CCN(CCc2ccccc2F)CC1)C(=O)c1ccoc1. The summed E-state index contributed by atoms with van der Waals surface area (Å²) in [6.07, 6.45) is 5.90.